The summed E-state index contributed by atoms with van der Waals surface area (Å²) < 4.78 is 39.7. The third-order valence-electron chi connectivity index (χ3n) is 2.11. The second-order valence-electron chi connectivity index (χ2n) is 3.77. The van der Waals surface area contributed by atoms with Crippen LogP contribution in [0.4, 0.5) is 18.9 Å². The van der Waals surface area contributed by atoms with E-state index in [2.05, 4.69) is 10.1 Å². The van der Waals surface area contributed by atoms with E-state index in [9.17, 15) is 18.0 Å². The van der Waals surface area contributed by atoms with Crippen molar-refractivity contribution in [3.8, 4) is 6.07 Å². The Balaban J connectivity index is 2.41. The number of nitrogens with one attached hydrogen (secondary N) is 1. The Morgan fingerprint density at radius 3 is 2.70 bits per heavy atom. The van der Waals surface area contributed by atoms with Crippen molar-refractivity contribution in [1.29, 1.82) is 5.26 Å². The van der Waals surface area contributed by atoms with Gasteiger partial charge in [0.15, 0.2) is 0 Å². The molecule has 1 amide bonds. The number of carbonyl (C=O) groups is 1. The Morgan fingerprint density at radius 2 is 2.15 bits per heavy atom. The van der Waals surface area contributed by atoms with E-state index in [-0.39, 0.29) is 23.7 Å². The van der Waals surface area contributed by atoms with E-state index < -0.39 is 18.7 Å². The van der Waals surface area contributed by atoms with Crippen molar-refractivity contribution in [3.63, 3.8) is 0 Å². The van der Waals surface area contributed by atoms with Crippen LogP contribution in [0.15, 0.2) is 18.2 Å². The minimum atomic E-state index is -4.41. The topological polar surface area (TPSA) is 62.1 Å². The molecule has 0 radical (unpaired) electrons. The van der Waals surface area contributed by atoms with Crippen molar-refractivity contribution in [1.82, 2.24) is 0 Å². The first-order chi connectivity index (χ1) is 9.31. The highest BCUT2D eigenvalue weighted by Crippen LogP contribution is 2.22. The second kappa shape index (κ2) is 7.12. The van der Waals surface area contributed by atoms with Crippen molar-refractivity contribution >= 4 is 23.2 Å². The number of benzene rings is 1. The van der Waals surface area contributed by atoms with Gasteiger partial charge in [-0.05, 0) is 18.2 Å². The molecule has 0 aromatic heterocycles. The third kappa shape index (κ3) is 5.91. The predicted molar refractivity (Wildman–Crippen MR) is 66.3 cm³/mol. The smallest absolute Gasteiger partial charge is 0.372 e. The second-order valence-corrected chi connectivity index (χ2v) is 4.18. The summed E-state index contributed by atoms with van der Waals surface area (Å²) in [7, 11) is 0. The largest absolute Gasteiger partial charge is 0.411 e. The Bertz CT molecular complexity index is 526. The molecular weight excluding hydrogens is 297 g/mol. The molecular formula is C12H10ClF3N2O2. The number of alkyl halides is 3. The molecule has 0 bridgehead atoms. The van der Waals surface area contributed by atoms with Crippen LogP contribution in [-0.2, 0) is 9.53 Å². The van der Waals surface area contributed by atoms with Crippen molar-refractivity contribution < 1.29 is 22.7 Å². The fraction of sp³-hybridized carbons (Fsp3) is 0.333. The molecule has 0 aliphatic rings. The quantitative estimate of drug-likeness (QED) is 0.850. The maximum absolute atomic E-state index is 11.8. The molecule has 108 valence electrons. The van der Waals surface area contributed by atoms with Gasteiger partial charge in [-0.3, -0.25) is 4.79 Å². The molecule has 0 saturated heterocycles. The van der Waals surface area contributed by atoms with Gasteiger partial charge in [-0.2, -0.15) is 18.4 Å². The van der Waals surface area contributed by atoms with Gasteiger partial charge in [0, 0.05) is 0 Å². The lowest BCUT2D eigenvalue weighted by Gasteiger charge is -2.09. The zero-order valence-electron chi connectivity index (χ0n) is 10.1. The van der Waals surface area contributed by atoms with Crippen LogP contribution in [0.2, 0.25) is 5.02 Å². The number of nitriles is 1. The number of amides is 1. The first-order valence-corrected chi connectivity index (χ1v) is 5.83. The van der Waals surface area contributed by atoms with E-state index in [0.29, 0.717) is 5.56 Å². The van der Waals surface area contributed by atoms with Crippen molar-refractivity contribution in [2.75, 3.05) is 18.5 Å². The van der Waals surface area contributed by atoms with E-state index >= 15 is 0 Å². The summed E-state index contributed by atoms with van der Waals surface area (Å²) in [4.78, 5) is 11.4. The summed E-state index contributed by atoms with van der Waals surface area (Å²) in [5.41, 5.74) is 0.619. The highest BCUT2D eigenvalue weighted by atomic mass is 35.5. The maximum Gasteiger partial charge on any atom is 0.411 e. The molecule has 4 nitrogen and oxygen atoms in total. The number of nitrogens with zero attached hydrogens (tertiary/aromatic N) is 1. The molecule has 0 heterocycles. The summed E-state index contributed by atoms with van der Waals surface area (Å²) in [5.74, 6) is -0.529. The van der Waals surface area contributed by atoms with Gasteiger partial charge in [-0.15, -0.1) is 0 Å². The summed E-state index contributed by atoms with van der Waals surface area (Å²) in [6, 6.07) is 6.15. The minimum absolute atomic E-state index is 0.175. The molecule has 0 spiro atoms. The zero-order chi connectivity index (χ0) is 15.2. The van der Waals surface area contributed by atoms with Crippen molar-refractivity contribution in [2.24, 2.45) is 0 Å². The SMILES string of the molecule is N#Cc1ccc(NC(=O)CCOCC(F)(F)F)c(Cl)c1. The molecule has 0 atom stereocenters. The van der Waals surface area contributed by atoms with Gasteiger partial charge < -0.3 is 10.1 Å². The summed E-state index contributed by atoms with van der Waals surface area (Å²) >= 11 is 5.83. The molecule has 0 fully saturated rings. The first kappa shape index (κ1) is 16.3. The monoisotopic (exact) mass is 306 g/mol. The minimum Gasteiger partial charge on any atom is -0.372 e. The number of halogens is 4. The lowest BCUT2D eigenvalue weighted by atomic mass is 10.2. The van der Waals surface area contributed by atoms with Gasteiger partial charge in [0.05, 0.1) is 35.4 Å². The Morgan fingerprint density at radius 1 is 1.45 bits per heavy atom. The van der Waals surface area contributed by atoms with Crippen LogP contribution in [0.1, 0.15) is 12.0 Å². The lowest BCUT2D eigenvalue weighted by Crippen LogP contribution is -2.20. The summed E-state index contributed by atoms with van der Waals surface area (Å²) in [6.45, 7) is -1.74. The van der Waals surface area contributed by atoms with Gasteiger partial charge in [0.25, 0.3) is 0 Å². The van der Waals surface area contributed by atoms with E-state index in [1.54, 1.807) is 0 Å². The fourth-order valence-corrected chi connectivity index (χ4v) is 1.48. The van der Waals surface area contributed by atoms with Crippen LogP contribution in [0, 0.1) is 11.3 Å². The predicted octanol–water partition coefficient (Wildman–Crippen LogP) is 3.12. The zero-order valence-corrected chi connectivity index (χ0v) is 10.9. The average Bonchev–Trinajstić information content (AvgIpc) is 2.36. The molecule has 0 saturated carbocycles. The Labute approximate surface area is 118 Å². The molecule has 20 heavy (non-hydrogen) atoms. The third-order valence-corrected chi connectivity index (χ3v) is 2.42. The molecule has 0 aliphatic carbocycles. The van der Waals surface area contributed by atoms with Crippen molar-refractivity contribution in [2.45, 2.75) is 12.6 Å². The average molecular weight is 307 g/mol. The molecule has 1 aromatic rings. The van der Waals surface area contributed by atoms with Crippen LogP contribution < -0.4 is 5.32 Å². The molecule has 0 unspecified atom stereocenters. The van der Waals surface area contributed by atoms with E-state index in [0.717, 1.165) is 0 Å². The normalized spacial score (nSPS) is 10.9. The van der Waals surface area contributed by atoms with Crippen LogP contribution in [0.25, 0.3) is 0 Å². The number of hydrogen-bond acceptors (Lipinski definition) is 3. The molecule has 0 aliphatic heterocycles. The number of rotatable bonds is 5. The highest BCUT2D eigenvalue weighted by molar-refractivity contribution is 6.33. The van der Waals surface area contributed by atoms with E-state index in [4.69, 9.17) is 16.9 Å². The van der Waals surface area contributed by atoms with Crippen LogP contribution in [0.3, 0.4) is 0 Å². The molecule has 1 rings (SSSR count). The highest BCUT2D eigenvalue weighted by Gasteiger charge is 2.27. The number of carbonyl (C=O) groups excluding carboxylic acids is 1. The summed E-state index contributed by atoms with van der Waals surface area (Å²) in [6.07, 6.45) is -4.64. The fourth-order valence-electron chi connectivity index (χ4n) is 1.25. The Hall–Kier alpha value is -1.78. The molecule has 8 heteroatoms. The summed E-state index contributed by atoms with van der Waals surface area (Å²) in [5, 5.41) is 11.2. The standard InChI is InChI=1S/C12H10ClF3N2O2/c13-9-5-8(6-17)1-2-10(9)18-11(19)3-4-20-7-12(14,15)16/h1-2,5H,3-4,7H2,(H,18,19). The molecule has 1 N–H and O–H groups in total. The maximum atomic E-state index is 11.8. The van der Waals surface area contributed by atoms with Gasteiger partial charge >= 0.3 is 6.18 Å². The van der Waals surface area contributed by atoms with Crippen LogP contribution in [0.5, 0.6) is 0 Å². The molecule has 1 aromatic carbocycles. The van der Waals surface area contributed by atoms with Gasteiger partial charge in [0.2, 0.25) is 5.91 Å². The van der Waals surface area contributed by atoms with Crippen LogP contribution in [-0.4, -0.2) is 25.3 Å². The number of ether oxygens (including phenoxy) is 1. The van der Waals surface area contributed by atoms with Gasteiger partial charge in [-0.25, -0.2) is 0 Å². The number of anilines is 1. The van der Waals surface area contributed by atoms with E-state index in [1.807, 2.05) is 6.07 Å². The first-order valence-electron chi connectivity index (χ1n) is 5.46. The number of hydrogen-bond donors (Lipinski definition) is 1. The Kier molecular flexibility index (Phi) is 5.80. The van der Waals surface area contributed by atoms with Gasteiger partial charge in [-0.1, -0.05) is 11.6 Å². The van der Waals surface area contributed by atoms with Gasteiger partial charge in [0.1, 0.15) is 6.61 Å². The van der Waals surface area contributed by atoms with Crippen LogP contribution >= 0.6 is 11.6 Å². The van der Waals surface area contributed by atoms with Crippen molar-refractivity contribution in [3.05, 3.63) is 28.8 Å². The van der Waals surface area contributed by atoms with E-state index in [1.165, 1.54) is 18.2 Å². The lowest BCUT2D eigenvalue weighted by molar-refractivity contribution is -0.174.